The van der Waals surface area contributed by atoms with Crippen molar-refractivity contribution in [1.82, 2.24) is 10.3 Å². The molecular weight excluding hydrogens is 296 g/mol. The van der Waals surface area contributed by atoms with Crippen LogP contribution in [0.5, 0.6) is 5.75 Å². The Kier molecular flexibility index (Phi) is 5.13. The van der Waals surface area contributed by atoms with Crippen LogP contribution in [0.25, 0.3) is 0 Å². The Balaban J connectivity index is 1.38. The Morgan fingerprint density at radius 1 is 1.48 bits per heavy atom. The predicted molar refractivity (Wildman–Crippen MR) is 84.0 cm³/mol. The first-order valence-corrected chi connectivity index (χ1v) is 8.29. The third kappa shape index (κ3) is 3.64. The smallest absolute Gasteiger partial charge is 0.220 e. The molecule has 2 heterocycles. The number of nitrogens with one attached hydrogen (secondary N) is 1. The number of amides is 1. The van der Waals surface area contributed by atoms with Gasteiger partial charge in [-0.15, -0.1) is 0 Å². The fourth-order valence-electron chi connectivity index (χ4n) is 3.52. The molecule has 1 saturated heterocycles. The molecule has 2 aliphatic rings. The van der Waals surface area contributed by atoms with Gasteiger partial charge >= 0.3 is 0 Å². The second-order valence-corrected chi connectivity index (χ2v) is 6.36. The maximum absolute atomic E-state index is 12.1. The molecule has 3 rings (SSSR count). The van der Waals surface area contributed by atoms with Crippen molar-refractivity contribution in [1.29, 1.82) is 0 Å². The minimum atomic E-state index is -0.314. The number of rotatable bonds is 6. The van der Waals surface area contributed by atoms with Gasteiger partial charge in [-0.2, -0.15) is 0 Å². The van der Waals surface area contributed by atoms with Gasteiger partial charge in [0.25, 0.3) is 0 Å². The number of carbonyl (C=O) groups excluding carboxylic acids is 1. The summed E-state index contributed by atoms with van der Waals surface area (Å²) in [6.07, 6.45) is 6.42. The molecule has 1 spiro atoms. The standard InChI is InChI=1S/C17H24N2O4/c20-15-11-14(17(15)5-9-22-10-6-17)19-16(21)4-2-8-23-13-3-1-7-18-12-13/h1,3,7,12,14-15,20H,2,4-6,8-11H2,(H,19,21)/t14-,15-/m1/s1. The lowest BCUT2D eigenvalue weighted by atomic mass is 9.58. The van der Waals surface area contributed by atoms with E-state index in [1.165, 1.54) is 0 Å². The molecule has 2 N–H and O–H groups in total. The Bertz CT molecular complexity index is 517. The maximum Gasteiger partial charge on any atom is 0.220 e. The van der Waals surface area contributed by atoms with E-state index in [9.17, 15) is 9.90 Å². The highest BCUT2D eigenvalue weighted by Gasteiger charge is 2.55. The van der Waals surface area contributed by atoms with Gasteiger partial charge in [0.2, 0.25) is 5.91 Å². The lowest BCUT2D eigenvalue weighted by Gasteiger charge is -2.55. The largest absolute Gasteiger partial charge is 0.492 e. The van der Waals surface area contributed by atoms with E-state index in [4.69, 9.17) is 9.47 Å². The second-order valence-electron chi connectivity index (χ2n) is 6.36. The van der Waals surface area contributed by atoms with Gasteiger partial charge in [-0.1, -0.05) is 0 Å². The van der Waals surface area contributed by atoms with Crippen LogP contribution in [0.3, 0.4) is 0 Å². The summed E-state index contributed by atoms with van der Waals surface area (Å²) in [5, 5.41) is 13.2. The highest BCUT2D eigenvalue weighted by molar-refractivity contribution is 5.76. The molecule has 1 amide bonds. The average Bonchev–Trinajstić information content (AvgIpc) is 2.60. The summed E-state index contributed by atoms with van der Waals surface area (Å²) < 4.78 is 10.9. The van der Waals surface area contributed by atoms with Crippen LogP contribution in [0.15, 0.2) is 24.5 Å². The minimum Gasteiger partial charge on any atom is -0.492 e. The van der Waals surface area contributed by atoms with E-state index in [-0.39, 0.29) is 23.5 Å². The third-order valence-electron chi connectivity index (χ3n) is 5.03. The Hall–Kier alpha value is -1.66. The van der Waals surface area contributed by atoms with Gasteiger partial charge in [-0.05, 0) is 37.8 Å². The number of hydrogen-bond acceptors (Lipinski definition) is 5. The molecule has 6 heteroatoms. The van der Waals surface area contributed by atoms with Gasteiger partial charge in [-0.3, -0.25) is 9.78 Å². The van der Waals surface area contributed by atoms with Crippen molar-refractivity contribution in [3.63, 3.8) is 0 Å². The van der Waals surface area contributed by atoms with Crippen LogP contribution in [0.4, 0.5) is 0 Å². The second kappa shape index (κ2) is 7.27. The monoisotopic (exact) mass is 320 g/mol. The van der Waals surface area contributed by atoms with Crippen molar-refractivity contribution >= 4 is 5.91 Å². The Labute approximate surface area is 136 Å². The minimum absolute atomic E-state index is 0.0301. The average molecular weight is 320 g/mol. The lowest BCUT2D eigenvalue weighted by Crippen LogP contribution is -2.65. The topological polar surface area (TPSA) is 80.7 Å². The van der Waals surface area contributed by atoms with Crippen LogP contribution in [0.1, 0.15) is 32.1 Å². The number of carbonyl (C=O) groups is 1. The Morgan fingerprint density at radius 2 is 2.30 bits per heavy atom. The van der Waals surface area contributed by atoms with Gasteiger partial charge in [0.1, 0.15) is 5.75 Å². The van der Waals surface area contributed by atoms with Crippen molar-refractivity contribution in [2.45, 2.75) is 44.2 Å². The molecule has 126 valence electrons. The van der Waals surface area contributed by atoms with Crippen LogP contribution < -0.4 is 10.1 Å². The fraction of sp³-hybridized carbons (Fsp3) is 0.647. The Morgan fingerprint density at radius 3 is 3.00 bits per heavy atom. The third-order valence-corrected chi connectivity index (χ3v) is 5.03. The summed E-state index contributed by atoms with van der Waals surface area (Å²) in [4.78, 5) is 16.1. The number of aromatic nitrogens is 1. The molecule has 0 aromatic carbocycles. The molecule has 23 heavy (non-hydrogen) atoms. The van der Waals surface area contributed by atoms with Gasteiger partial charge in [0.15, 0.2) is 0 Å². The summed E-state index contributed by atoms with van der Waals surface area (Å²) in [6, 6.07) is 3.74. The van der Waals surface area contributed by atoms with Crippen molar-refractivity contribution in [3.8, 4) is 5.75 Å². The molecule has 1 saturated carbocycles. The van der Waals surface area contributed by atoms with Crippen LogP contribution in [0, 0.1) is 5.41 Å². The molecule has 1 aliphatic carbocycles. The van der Waals surface area contributed by atoms with Gasteiger partial charge < -0.3 is 19.9 Å². The molecule has 2 atom stereocenters. The first kappa shape index (κ1) is 16.2. The molecule has 0 unspecified atom stereocenters. The molecule has 2 fully saturated rings. The van der Waals surface area contributed by atoms with Crippen molar-refractivity contribution in [2.75, 3.05) is 19.8 Å². The highest BCUT2D eigenvalue weighted by atomic mass is 16.5. The van der Waals surface area contributed by atoms with Crippen molar-refractivity contribution < 1.29 is 19.4 Å². The summed E-state index contributed by atoms with van der Waals surface area (Å²) in [6.45, 7) is 1.83. The SMILES string of the molecule is O=C(CCCOc1cccnc1)N[C@@H]1C[C@@H](O)C12CCOCC2. The fourth-order valence-corrected chi connectivity index (χ4v) is 3.52. The molecule has 0 radical (unpaired) electrons. The first-order valence-electron chi connectivity index (χ1n) is 8.29. The molecule has 1 aromatic heterocycles. The lowest BCUT2D eigenvalue weighted by molar-refractivity contribution is -0.156. The number of aliphatic hydroxyl groups excluding tert-OH is 1. The maximum atomic E-state index is 12.1. The van der Waals surface area contributed by atoms with Gasteiger partial charge in [0.05, 0.1) is 18.9 Å². The van der Waals surface area contributed by atoms with Crippen LogP contribution in [-0.4, -0.2) is 48.0 Å². The first-order chi connectivity index (χ1) is 11.2. The quantitative estimate of drug-likeness (QED) is 0.772. The molecule has 1 aromatic rings. The number of hydrogen-bond donors (Lipinski definition) is 2. The molecular formula is C17H24N2O4. The van der Waals surface area contributed by atoms with Crippen molar-refractivity contribution in [3.05, 3.63) is 24.5 Å². The van der Waals surface area contributed by atoms with E-state index >= 15 is 0 Å². The van der Waals surface area contributed by atoms with Crippen LogP contribution in [-0.2, 0) is 9.53 Å². The molecule has 0 bridgehead atoms. The van der Waals surface area contributed by atoms with E-state index in [2.05, 4.69) is 10.3 Å². The van der Waals surface area contributed by atoms with E-state index in [1.807, 2.05) is 12.1 Å². The predicted octanol–water partition coefficient (Wildman–Crippen LogP) is 1.29. The van der Waals surface area contributed by atoms with Crippen LogP contribution >= 0.6 is 0 Å². The van der Waals surface area contributed by atoms with E-state index < -0.39 is 0 Å². The van der Waals surface area contributed by atoms with Crippen molar-refractivity contribution in [2.24, 2.45) is 5.41 Å². The summed E-state index contributed by atoms with van der Waals surface area (Å²) >= 11 is 0. The zero-order valence-corrected chi connectivity index (χ0v) is 13.2. The highest BCUT2D eigenvalue weighted by Crippen LogP contribution is 2.48. The van der Waals surface area contributed by atoms with Gasteiger partial charge in [-0.25, -0.2) is 0 Å². The molecule has 6 nitrogen and oxygen atoms in total. The number of pyridine rings is 1. The number of nitrogens with zero attached hydrogens (tertiary/aromatic N) is 1. The molecule has 1 aliphatic heterocycles. The number of aliphatic hydroxyl groups is 1. The van der Waals surface area contributed by atoms with E-state index in [1.54, 1.807) is 12.4 Å². The zero-order chi connectivity index (χ0) is 16.1. The van der Waals surface area contributed by atoms with Crippen LogP contribution in [0.2, 0.25) is 0 Å². The van der Waals surface area contributed by atoms with Gasteiger partial charge in [0, 0.05) is 37.3 Å². The zero-order valence-electron chi connectivity index (χ0n) is 13.2. The number of ether oxygens (including phenoxy) is 2. The summed E-state index contributed by atoms with van der Waals surface area (Å²) in [5.74, 6) is 0.749. The van der Waals surface area contributed by atoms with E-state index in [0.29, 0.717) is 39.1 Å². The van der Waals surface area contributed by atoms with E-state index in [0.717, 1.165) is 18.6 Å². The summed E-state index contributed by atoms with van der Waals surface area (Å²) in [7, 11) is 0. The normalized spacial score (nSPS) is 25.6. The summed E-state index contributed by atoms with van der Waals surface area (Å²) in [5.41, 5.74) is -0.167.